The van der Waals surface area contributed by atoms with Gasteiger partial charge in [-0.1, -0.05) is 19.1 Å². The van der Waals surface area contributed by atoms with E-state index in [1.165, 1.54) is 12.1 Å². The lowest BCUT2D eigenvalue weighted by Gasteiger charge is -2.17. The fraction of sp³-hybridized carbons (Fsp3) is 0.375. The molecule has 0 aliphatic heterocycles. The van der Waals surface area contributed by atoms with Crippen molar-refractivity contribution in [2.45, 2.75) is 32.0 Å². The first-order valence-corrected chi connectivity index (χ1v) is 6.85. The van der Waals surface area contributed by atoms with E-state index in [1.54, 1.807) is 6.26 Å². The Labute approximate surface area is 122 Å². The first-order chi connectivity index (χ1) is 9.95. The quantitative estimate of drug-likeness (QED) is 0.887. The lowest BCUT2D eigenvalue weighted by molar-refractivity contribution is -0.137. The highest BCUT2D eigenvalue weighted by Gasteiger charge is 2.30. The summed E-state index contributed by atoms with van der Waals surface area (Å²) in [6.45, 7) is 2.01. The topological polar surface area (TPSA) is 25.2 Å². The number of hydrogen-bond acceptors (Lipinski definition) is 2. The molecule has 21 heavy (non-hydrogen) atoms. The van der Waals surface area contributed by atoms with Gasteiger partial charge in [-0.3, -0.25) is 0 Å². The van der Waals surface area contributed by atoms with Gasteiger partial charge in [-0.05, 0) is 37.2 Å². The van der Waals surface area contributed by atoms with Crippen LogP contribution in [0.1, 0.15) is 35.4 Å². The van der Waals surface area contributed by atoms with Crippen molar-refractivity contribution < 1.29 is 17.6 Å². The summed E-state index contributed by atoms with van der Waals surface area (Å²) in [5, 5.41) is 3.19. The minimum Gasteiger partial charge on any atom is -0.469 e. The van der Waals surface area contributed by atoms with E-state index in [0.717, 1.165) is 35.4 Å². The molecule has 0 spiro atoms. The molecule has 0 saturated carbocycles. The van der Waals surface area contributed by atoms with E-state index in [0.29, 0.717) is 6.42 Å². The summed E-state index contributed by atoms with van der Waals surface area (Å²) >= 11 is 0. The van der Waals surface area contributed by atoms with E-state index in [2.05, 4.69) is 5.32 Å². The van der Waals surface area contributed by atoms with Gasteiger partial charge in [0.1, 0.15) is 5.76 Å². The van der Waals surface area contributed by atoms with Crippen molar-refractivity contribution in [3.8, 4) is 0 Å². The molecule has 2 rings (SSSR count). The van der Waals surface area contributed by atoms with Crippen LogP contribution in [0.3, 0.4) is 0 Å². The molecule has 2 nitrogen and oxygen atoms in total. The van der Waals surface area contributed by atoms with Gasteiger partial charge in [0.15, 0.2) is 0 Å². The Morgan fingerprint density at radius 3 is 2.33 bits per heavy atom. The zero-order chi connectivity index (χ0) is 15.5. The van der Waals surface area contributed by atoms with Crippen molar-refractivity contribution in [1.82, 2.24) is 5.32 Å². The number of alkyl halides is 3. The Bertz CT molecular complexity index is 572. The van der Waals surface area contributed by atoms with E-state index >= 15 is 0 Å². The monoisotopic (exact) mass is 297 g/mol. The number of rotatable bonds is 5. The Morgan fingerprint density at radius 2 is 1.81 bits per heavy atom. The fourth-order valence-corrected chi connectivity index (χ4v) is 2.38. The second kappa shape index (κ2) is 6.35. The predicted octanol–water partition coefficient (Wildman–Crippen LogP) is 4.36. The van der Waals surface area contributed by atoms with Gasteiger partial charge in [0.2, 0.25) is 0 Å². The van der Waals surface area contributed by atoms with Gasteiger partial charge in [0.05, 0.1) is 11.8 Å². The van der Waals surface area contributed by atoms with Crippen LogP contribution in [0.5, 0.6) is 0 Å². The van der Waals surface area contributed by atoms with Crippen LogP contribution in [0.4, 0.5) is 13.2 Å². The third-order valence-electron chi connectivity index (χ3n) is 3.55. The minimum atomic E-state index is -4.29. The molecule has 1 atom stereocenters. The normalized spacial score (nSPS) is 13.4. The number of halogens is 3. The predicted molar refractivity (Wildman–Crippen MR) is 75.0 cm³/mol. The first-order valence-electron chi connectivity index (χ1n) is 6.85. The number of likely N-dealkylation sites (N-methyl/N-ethyl adjacent to an activating group) is 1. The van der Waals surface area contributed by atoms with Gasteiger partial charge in [-0.25, -0.2) is 0 Å². The second-order valence-corrected chi connectivity index (χ2v) is 4.89. The molecular formula is C16H18F3NO. The standard InChI is InChI=1S/C16H18F3NO/c1-3-15-13(8-9-21-15)14(20-2)10-11-4-6-12(7-5-11)16(17,18)19/h4-9,14,20H,3,10H2,1-2H3. The van der Waals surface area contributed by atoms with Crippen LogP contribution in [-0.4, -0.2) is 7.05 Å². The maximum Gasteiger partial charge on any atom is 0.416 e. The van der Waals surface area contributed by atoms with Crippen molar-refractivity contribution in [3.05, 3.63) is 59.0 Å². The summed E-state index contributed by atoms with van der Waals surface area (Å²) in [4.78, 5) is 0. The van der Waals surface area contributed by atoms with Crippen LogP contribution in [-0.2, 0) is 19.0 Å². The van der Waals surface area contributed by atoms with Crippen LogP contribution in [0, 0.1) is 0 Å². The molecule has 1 aromatic carbocycles. The molecule has 1 aromatic heterocycles. The van der Waals surface area contributed by atoms with E-state index in [1.807, 2.05) is 20.0 Å². The molecular weight excluding hydrogens is 279 g/mol. The van der Waals surface area contributed by atoms with Crippen LogP contribution in [0.15, 0.2) is 41.0 Å². The van der Waals surface area contributed by atoms with Crippen molar-refractivity contribution in [2.75, 3.05) is 7.05 Å². The van der Waals surface area contributed by atoms with Gasteiger partial charge in [0, 0.05) is 18.0 Å². The molecule has 0 bridgehead atoms. The number of hydrogen-bond donors (Lipinski definition) is 1. The number of aryl methyl sites for hydroxylation is 1. The van der Waals surface area contributed by atoms with E-state index < -0.39 is 11.7 Å². The van der Waals surface area contributed by atoms with E-state index in [-0.39, 0.29) is 6.04 Å². The highest BCUT2D eigenvalue weighted by atomic mass is 19.4. The zero-order valence-corrected chi connectivity index (χ0v) is 12.0. The molecule has 1 N–H and O–H groups in total. The molecule has 1 unspecified atom stereocenters. The molecule has 0 saturated heterocycles. The van der Waals surface area contributed by atoms with Gasteiger partial charge in [-0.2, -0.15) is 13.2 Å². The van der Waals surface area contributed by atoms with Gasteiger partial charge >= 0.3 is 6.18 Å². The summed E-state index contributed by atoms with van der Waals surface area (Å²) in [7, 11) is 1.83. The molecule has 2 aromatic rings. The van der Waals surface area contributed by atoms with Gasteiger partial charge in [-0.15, -0.1) is 0 Å². The van der Waals surface area contributed by atoms with Crippen LogP contribution >= 0.6 is 0 Å². The lowest BCUT2D eigenvalue weighted by atomic mass is 9.98. The van der Waals surface area contributed by atoms with Crippen molar-refractivity contribution in [2.24, 2.45) is 0 Å². The maximum absolute atomic E-state index is 12.5. The Hall–Kier alpha value is -1.75. The molecule has 0 fully saturated rings. The third kappa shape index (κ3) is 3.67. The highest BCUT2D eigenvalue weighted by Crippen LogP contribution is 2.30. The largest absolute Gasteiger partial charge is 0.469 e. The highest BCUT2D eigenvalue weighted by molar-refractivity contribution is 5.28. The van der Waals surface area contributed by atoms with Crippen LogP contribution in [0.25, 0.3) is 0 Å². The average molecular weight is 297 g/mol. The molecule has 0 aliphatic rings. The van der Waals surface area contributed by atoms with Gasteiger partial charge in [0.25, 0.3) is 0 Å². The first kappa shape index (κ1) is 15.6. The molecule has 1 heterocycles. The smallest absolute Gasteiger partial charge is 0.416 e. The fourth-order valence-electron chi connectivity index (χ4n) is 2.38. The summed E-state index contributed by atoms with van der Waals surface area (Å²) in [5.41, 5.74) is 1.29. The Balaban J connectivity index is 2.16. The lowest BCUT2D eigenvalue weighted by Crippen LogP contribution is -2.19. The maximum atomic E-state index is 12.5. The minimum absolute atomic E-state index is 0.0236. The molecule has 114 valence electrons. The summed E-state index contributed by atoms with van der Waals surface area (Å²) < 4.78 is 43.0. The van der Waals surface area contributed by atoms with Gasteiger partial charge < -0.3 is 9.73 Å². The molecule has 0 radical (unpaired) electrons. The third-order valence-corrected chi connectivity index (χ3v) is 3.55. The zero-order valence-electron chi connectivity index (χ0n) is 12.0. The van der Waals surface area contributed by atoms with Crippen LogP contribution in [0.2, 0.25) is 0 Å². The van der Waals surface area contributed by atoms with Crippen molar-refractivity contribution in [1.29, 1.82) is 0 Å². The average Bonchev–Trinajstić information content (AvgIpc) is 2.92. The van der Waals surface area contributed by atoms with E-state index in [4.69, 9.17) is 4.42 Å². The summed E-state index contributed by atoms with van der Waals surface area (Å²) in [6, 6.07) is 7.23. The van der Waals surface area contributed by atoms with Crippen molar-refractivity contribution >= 4 is 0 Å². The number of furan rings is 1. The molecule has 0 amide bonds. The van der Waals surface area contributed by atoms with Crippen LogP contribution < -0.4 is 5.32 Å². The molecule has 5 heteroatoms. The summed E-state index contributed by atoms with van der Waals surface area (Å²) in [6.07, 6.45) is -1.25. The number of nitrogens with one attached hydrogen (secondary N) is 1. The molecule has 0 aliphatic carbocycles. The van der Waals surface area contributed by atoms with E-state index in [9.17, 15) is 13.2 Å². The second-order valence-electron chi connectivity index (χ2n) is 4.89. The summed E-state index contributed by atoms with van der Waals surface area (Å²) in [5.74, 6) is 0.904. The Kier molecular flexibility index (Phi) is 4.73. The Morgan fingerprint density at radius 1 is 1.14 bits per heavy atom. The van der Waals surface area contributed by atoms with Crippen molar-refractivity contribution in [3.63, 3.8) is 0 Å². The SMILES string of the molecule is CCc1occc1C(Cc1ccc(C(F)(F)F)cc1)NC. The number of benzene rings is 1.